The van der Waals surface area contributed by atoms with Crippen molar-refractivity contribution < 1.29 is 12.8 Å². The summed E-state index contributed by atoms with van der Waals surface area (Å²) in [4.78, 5) is 8.33. The summed E-state index contributed by atoms with van der Waals surface area (Å²) in [7, 11) is -3.81. The van der Waals surface area contributed by atoms with Gasteiger partial charge in [0, 0.05) is 17.1 Å². The van der Waals surface area contributed by atoms with E-state index in [1.807, 2.05) is 22.6 Å². The van der Waals surface area contributed by atoms with Crippen molar-refractivity contribution in [3.63, 3.8) is 0 Å². The number of aromatic nitrogens is 3. The van der Waals surface area contributed by atoms with E-state index in [4.69, 9.17) is 0 Å². The average molecular weight is 479 g/mol. The third kappa shape index (κ3) is 2.78. The largest absolute Gasteiger partial charge is 0.270 e. The molecular formula is C18H11FIN3O2S. The number of fused-ring (bicyclic) bond motifs is 1. The number of hydrogen-bond acceptors (Lipinski definition) is 4. The second-order valence-corrected chi connectivity index (χ2v) is 8.38. The van der Waals surface area contributed by atoms with Crippen molar-refractivity contribution in [2.45, 2.75) is 4.90 Å². The first kappa shape index (κ1) is 17.1. The molecule has 0 fully saturated rings. The van der Waals surface area contributed by atoms with Crippen LogP contribution in [0.15, 0.2) is 71.8 Å². The lowest BCUT2D eigenvalue weighted by molar-refractivity contribution is 0.585. The molecule has 0 atom stereocenters. The molecule has 0 saturated heterocycles. The normalized spacial score (nSPS) is 11.8. The van der Waals surface area contributed by atoms with Gasteiger partial charge in [-0.2, -0.15) is 4.39 Å². The van der Waals surface area contributed by atoms with Crippen LogP contribution in [0.1, 0.15) is 0 Å². The van der Waals surface area contributed by atoms with Crippen molar-refractivity contribution in [2.75, 3.05) is 0 Å². The molecule has 26 heavy (non-hydrogen) atoms. The first-order chi connectivity index (χ1) is 12.5. The van der Waals surface area contributed by atoms with Gasteiger partial charge in [-0.15, -0.1) is 0 Å². The lowest BCUT2D eigenvalue weighted by Crippen LogP contribution is -2.14. The van der Waals surface area contributed by atoms with Gasteiger partial charge in [-0.25, -0.2) is 22.4 Å². The summed E-state index contributed by atoms with van der Waals surface area (Å²) < 4.78 is 41.3. The molecule has 8 heteroatoms. The molecule has 0 aliphatic rings. The maximum absolute atomic E-state index is 13.5. The lowest BCUT2D eigenvalue weighted by atomic mass is 10.1. The molecule has 0 radical (unpaired) electrons. The zero-order chi connectivity index (χ0) is 18.3. The quantitative estimate of drug-likeness (QED) is 0.328. The SMILES string of the molecule is O=S(=O)(c1ccccc1)n1c(I)cc2c(-c3cccc(F)n3)ccnc21. The van der Waals surface area contributed by atoms with Crippen molar-refractivity contribution in [2.24, 2.45) is 0 Å². The molecule has 0 amide bonds. The highest BCUT2D eigenvalue weighted by Gasteiger charge is 2.24. The minimum Gasteiger partial charge on any atom is -0.237 e. The molecule has 0 aliphatic carbocycles. The maximum atomic E-state index is 13.5. The Morgan fingerprint density at radius 2 is 1.77 bits per heavy atom. The van der Waals surface area contributed by atoms with Gasteiger partial charge in [-0.05, 0) is 59.0 Å². The molecule has 0 saturated carbocycles. The van der Waals surface area contributed by atoms with Gasteiger partial charge in [0.2, 0.25) is 5.95 Å². The summed E-state index contributed by atoms with van der Waals surface area (Å²) in [6, 6.07) is 16.1. The van der Waals surface area contributed by atoms with Crippen LogP contribution in [0, 0.1) is 9.65 Å². The van der Waals surface area contributed by atoms with E-state index in [2.05, 4.69) is 9.97 Å². The highest BCUT2D eigenvalue weighted by Crippen LogP contribution is 2.31. The van der Waals surface area contributed by atoms with Crippen LogP contribution >= 0.6 is 22.6 Å². The molecule has 4 rings (SSSR count). The highest BCUT2D eigenvalue weighted by atomic mass is 127. The van der Waals surface area contributed by atoms with E-state index in [0.717, 1.165) is 0 Å². The van der Waals surface area contributed by atoms with Gasteiger partial charge in [-0.3, -0.25) is 0 Å². The molecule has 0 spiro atoms. The van der Waals surface area contributed by atoms with E-state index in [1.165, 1.54) is 28.4 Å². The molecule has 130 valence electrons. The Morgan fingerprint density at radius 3 is 2.50 bits per heavy atom. The lowest BCUT2D eigenvalue weighted by Gasteiger charge is -2.09. The first-order valence-electron chi connectivity index (χ1n) is 7.58. The van der Waals surface area contributed by atoms with E-state index in [9.17, 15) is 12.8 Å². The van der Waals surface area contributed by atoms with Gasteiger partial charge in [0.15, 0.2) is 5.65 Å². The Bertz CT molecular complexity index is 1220. The zero-order valence-corrected chi connectivity index (χ0v) is 16.1. The Morgan fingerprint density at radius 1 is 1.00 bits per heavy atom. The summed E-state index contributed by atoms with van der Waals surface area (Å²) in [6.07, 6.45) is 1.50. The monoisotopic (exact) mass is 479 g/mol. The van der Waals surface area contributed by atoms with Crippen molar-refractivity contribution in [3.8, 4) is 11.3 Å². The Hall–Kier alpha value is -2.33. The van der Waals surface area contributed by atoms with Crippen molar-refractivity contribution in [1.82, 2.24) is 13.9 Å². The fourth-order valence-electron chi connectivity index (χ4n) is 2.75. The molecular weight excluding hydrogens is 468 g/mol. The predicted molar refractivity (Wildman–Crippen MR) is 105 cm³/mol. The molecule has 0 unspecified atom stereocenters. The molecule has 3 aromatic heterocycles. The fourth-order valence-corrected chi connectivity index (χ4v) is 5.44. The fraction of sp³-hybridized carbons (Fsp3) is 0. The summed E-state index contributed by atoms with van der Waals surface area (Å²) in [5.74, 6) is -0.599. The number of pyridine rings is 2. The Balaban J connectivity index is 2.00. The Kier molecular flexibility index (Phi) is 4.23. The smallest absolute Gasteiger partial charge is 0.237 e. The van der Waals surface area contributed by atoms with Crippen molar-refractivity contribution in [3.05, 3.63) is 76.5 Å². The van der Waals surface area contributed by atoms with Gasteiger partial charge in [0.1, 0.15) is 0 Å². The third-order valence-corrected chi connectivity index (χ3v) is 6.73. The van der Waals surface area contributed by atoms with Crippen LogP contribution < -0.4 is 0 Å². The molecule has 3 heterocycles. The van der Waals surface area contributed by atoms with Gasteiger partial charge in [-0.1, -0.05) is 24.3 Å². The van der Waals surface area contributed by atoms with Crippen LogP contribution in [0.25, 0.3) is 22.3 Å². The number of nitrogens with zero attached hydrogens (tertiary/aromatic N) is 3. The predicted octanol–water partition coefficient (Wildman–Crippen LogP) is 4.08. The minimum atomic E-state index is -3.81. The van der Waals surface area contributed by atoms with Crippen LogP contribution in [0.2, 0.25) is 0 Å². The number of benzene rings is 1. The van der Waals surface area contributed by atoms with E-state index in [0.29, 0.717) is 20.3 Å². The summed E-state index contributed by atoms with van der Waals surface area (Å²) in [5, 5.41) is 0.592. The van der Waals surface area contributed by atoms with Gasteiger partial charge >= 0.3 is 0 Å². The van der Waals surface area contributed by atoms with Gasteiger partial charge < -0.3 is 0 Å². The van der Waals surface area contributed by atoms with Crippen molar-refractivity contribution in [1.29, 1.82) is 0 Å². The second kappa shape index (κ2) is 6.44. The van der Waals surface area contributed by atoms with Crippen LogP contribution in [0.5, 0.6) is 0 Å². The van der Waals surface area contributed by atoms with Crippen molar-refractivity contribution >= 4 is 43.6 Å². The molecule has 0 aliphatic heterocycles. The van der Waals surface area contributed by atoms with E-state index < -0.39 is 16.0 Å². The van der Waals surface area contributed by atoms with Crippen LogP contribution in [-0.4, -0.2) is 22.4 Å². The van der Waals surface area contributed by atoms with E-state index >= 15 is 0 Å². The van der Waals surface area contributed by atoms with Gasteiger partial charge in [0.25, 0.3) is 10.0 Å². The second-order valence-electron chi connectivity index (χ2n) is 5.49. The summed E-state index contributed by atoms with van der Waals surface area (Å²) in [6.45, 7) is 0. The van der Waals surface area contributed by atoms with E-state index in [1.54, 1.807) is 42.5 Å². The number of halogens is 2. The third-order valence-electron chi connectivity index (χ3n) is 3.89. The first-order valence-corrected chi connectivity index (χ1v) is 10.1. The van der Waals surface area contributed by atoms with Crippen LogP contribution in [-0.2, 0) is 10.0 Å². The molecule has 0 N–H and O–H groups in total. The maximum Gasteiger partial charge on any atom is 0.270 e. The number of hydrogen-bond donors (Lipinski definition) is 0. The highest BCUT2D eigenvalue weighted by molar-refractivity contribution is 14.1. The molecule has 5 nitrogen and oxygen atoms in total. The molecule has 1 aromatic carbocycles. The average Bonchev–Trinajstić information content (AvgIpc) is 2.99. The van der Waals surface area contributed by atoms with Gasteiger partial charge in [0.05, 0.1) is 14.3 Å². The Labute approximate surface area is 162 Å². The minimum absolute atomic E-state index is 0.173. The molecule has 0 bridgehead atoms. The number of rotatable bonds is 3. The zero-order valence-electron chi connectivity index (χ0n) is 13.2. The topological polar surface area (TPSA) is 64.8 Å². The summed E-state index contributed by atoms with van der Waals surface area (Å²) >= 11 is 1.96. The standard InChI is InChI=1S/C18H11FIN3O2S/c19-16-8-4-7-15(22-16)13-9-10-21-18-14(13)11-17(20)23(18)26(24,25)12-5-2-1-3-6-12/h1-11H. The summed E-state index contributed by atoms with van der Waals surface area (Å²) in [5.41, 5.74) is 1.32. The van der Waals surface area contributed by atoms with Crippen LogP contribution in [0.4, 0.5) is 4.39 Å². The van der Waals surface area contributed by atoms with Crippen LogP contribution in [0.3, 0.4) is 0 Å². The molecule has 4 aromatic rings. The van der Waals surface area contributed by atoms with E-state index in [-0.39, 0.29) is 10.5 Å².